The summed E-state index contributed by atoms with van der Waals surface area (Å²) in [6.07, 6.45) is 2.03. The van der Waals surface area contributed by atoms with Crippen molar-refractivity contribution in [2.75, 3.05) is 30.0 Å². The fraction of sp³-hybridized carbons (Fsp3) is 0.208. The summed E-state index contributed by atoms with van der Waals surface area (Å²) in [4.78, 5) is 33.3. The number of nitrogens with zero attached hydrogens (tertiary/aromatic N) is 4. The Labute approximate surface area is 210 Å². The molecule has 4 heterocycles. The van der Waals surface area contributed by atoms with Crippen molar-refractivity contribution >= 4 is 34.9 Å². The van der Waals surface area contributed by atoms with Gasteiger partial charge in [-0.15, -0.1) is 0 Å². The van der Waals surface area contributed by atoms with E-state index in [4.69, 9.17) is 10.5 Å². The van der Waals surface area contributed by atoms with Gasteiger partial charge in [-0.3, -0.25) is 4.79 Å². The van der Waals surface area contributed by atoms with Crippen LogP contribution in [-0.4, -0.2) is 51.2 Å². The number of rotatable bonds is 2. The molecule has 1 aromatic carbocycles. The molecule has 6 N–H and O–H groups in total. The van der Waals surface area contributed by atoms with Crippen LogP contribution < -0.4 is 31.7 Å². The van der Waals surface area contributed by atoms with Crippen molar-refractivity contribution in [2.45, 2.75) is 19.6 Å². The molecule has 0 spiro atoms. The minimum atomic E-state index is -0.519. The maximum Gasteiger partial charge on any atom is 0.318 e. The highest BCUT2D eigenvalue weighted by Crippen LogP contribution is 2.35. The molecule has 0 saturated heterocycles. The Hall–Kier alpha value is -4.94. The van der Waals surface area contributed by atoms with Crippen LogP contribution in [0.2, 0.25) is 0 Å². The second-order valence-electron chi connectivity index (χ2n) is 8.41. The Bertz CT molecular complexity index is 1500. The van der Waals surface area contributed by atoms with E-state index < -0.39 is 17.8 Å². The lowest BCUT2D eigenvalue weighted by Crippen LogP contribution is -2.33. The van der Waals surface area contributed by atoms with Crippen LogP contribution in [0.1, 0.15) is 22.8 Å². The first-order chi connectivity index (χ1) is 17.8. The average molecular weight is 506 g/mol. The number of nitrogens with one attached hydrogen (secondary N) is 4. The minimum Gasteiger partial charge on any atom is -0.473 e. The van der Waals surface area contributed by atoms with Crippen LogP contribution in [-0.2, 0) is 6.54 Å². The normalized spacial score (nSPS) is 15.3. The van der Waals surface area contributed by atoms with Gasteiger partial charge >= 0.3 is 6.03 Å². The number of hydrogen-bond donors (Lipinski definition) is 5. The number of benzene rings is 1. The summed E-state index contributed by atoms with van der Waals surface area (Å²) in [7, 11) is 1.52. The number of fused-ring (bicyclic) bond motifs is 2. The molecule has 13 heteroatoms. The van der Waals surface area contributed by atoms with Crippen LogP contribution in [0.4, 0.5) is 26.5 Å². The average Bonchev–Trinajstić information content (AvgIpc) is 3.32. The van der Waals surface area contributed by atoms with Gasteiger partial charge in [-0.25, -0.2) is 19.2 Å². The fourth-order valence-electron chi connectivity index (χ4n) is 3.95. The second kappa shape index (κ2) is 9.60. The van der Waals surface area contributed by atoms with Crippen LogP contribution in [0, 0.1) is 5.82 Å². The van der Waals surface area contributed by atoms with E-state index in [1.54, 1.807) is 31.2 Å². The number of ether oxygens (including phenoxy) is 1. The molecule has 1 aliphatic rings. The molecule has 190 valence electrons. The SMILES string of the molecule is CNC(=O)Nc1ccc(-c2c3nc4c(cnn4c2N)C(=O)NC[C@H](C)Oc2ncc(F)cc2CN3)cc1. The van der Waals surface area contributed by atoms with Crippen LogP contribution in [0.5, 0.6) is 5.88 Å². The number of pyridine rings is 1. The number of nitrogen functional groups attached to an aromatic ring is 1. The number of hydrogen-bond acceptors (Lipinski definition) is 8. The van der Waals surface area contributed by atoms with E-state index in [-0.39, 0.29) is 42.0 Å². The Balaban J connectivity index is 1.64. The Kier molecular flexibility index (Phi) is 6.17. The van der Waals surface area contributed by atoms with Gasteiger partial charge in [-0.1, -0.05) is 12.1 Å². The van der Waals surface area contributed by atoms with E-state index >= 15 is 0 Å². The van der Waals surface area contributed by atoms with Crippen LogP contribution in [0.15, 0.2) is 42.7 Å². The third-order valence-corrected chi connectivity index (χ3v) is 5.79. The molecule has 0 fully saturated rings. The smallest absolute Gasteiger partial charge is 0.318 e. The lowest BCUT2D eigenvalue weighted by molar-refractivity contribution is 0.0932. The second-order valence-corrected chi connectivity index (χ2v) is 8.41. The summed E-state index contributed by atoms with van der Waals surface area (Å²) < 4.78 is 21.3. The van der Waals surface area contributed by atoms with E-state index in [1.165, 1.54) is 23.8 Å². The molecule has 0 saturated carbocycles. The largest absolute Gasteiger partial charge is 0.473 e. The molecule has 1 aliphatic heterocycles. The third-order valence-electron chi connectivity index (χ3n) is 5.79. The van der Waals surface area contributed by atoms with Crippen molar-refractivity contribution in [3.05, 3.63) is 59.7 Å². The number of nitrogens with two attached hydrogens (primary N) is 1. The molecule has 3 aromatic heterocycles. The highest BCUT2D eigenvalue weighted by molar-refractivity contribution is 6.01. The lowest BCUT2D eigenvalue weighted by atomic mass is 10.1. The number of urea groups is 1. The van der Waals surface area contributed by atoms with E-state index in [1.807, 2.05) is 0 Å². The first-order valence-electron chi connectivity index (χ1n) is 11.4. The van der Waals surface area contributed by atoms with E-state index in [2.05, 4.69) is 36.3 Å². The molecule has 2 bridgehead atoms. The number of halogens is 1. The first kappa shape index (κ1) is 23.8. The van der Waals surface area contributed by atoms with Gasteiger partial charge in [0.2, 0.25) is 5.88 Å². The quantitative estimate of drug-likeness (QED) is 0.278. The van der Waals surface area contributed by atoms with Crippen molar-refractivity contribution in [3.8, 4) is 17.0 Å². The zero-order valence-corrected chi connectivity index (χ0v) is 20.0. The van der Waals surface area contributed by atoms with Gasteiger partial charge in [0.25, 0.3) is 5.91 Å². The number of anilines is 3. The van der Waals surface area contributed by atoms with E-state index in [9.17, 15) is 14.0 Å². The fourth-order valence-corrected chi connectivity index (χ4v) is 3.95. The van der Waals surface area contributed by atoms with Gasteiger partial charge in [0.1, 0.15) is 29.1 Å². The Morgan fingerprint density at radius 2 is 2.03 bits per heavy atom. The molecule has 37 heavy (non-hydrogen) atoms. The zero-order chi connectivity index (χ0) is 26.1. The monoisotopic (exact) mass is 505 g/mol. The summed E-state index contributed by atoms with van der Waals surface area (Å²) in [5.74, 6) is -0.107. The Morgan fingerprint density at radius 3 is 2.78 bits per heavy atom. The summed E-state index contributed by atoms with van der Waals surface area (Å²) in [5, 5.41) is 15.5. The van der Waals surface area contributed by atoms with Crippen molar-refractivity contribution < 1.29 is 18.7 Å². The summed E-state index contributed by atoms with van der Waals surface area (Å²) in [6, 6.07) is 7.93. The molecule has 5 rings (SSSR count). The van der Waals surface area contributed by atoms with Gasteiger partial charge in [0.15, 0.2) is 5.65 Å². The Morgan fingerprint density at radius 1 is 1.24 bits per heavy atom. The molecular weight excluding hydrogens is 481 g/mol. The maximum atomic E-state index is 14.1. The number of aromatic nitrogens is 4. The van der Waals surface area contributed by atoms with Crippen LogP contribution >= 0.6 is 0 Å². The van der Waals surface area contributed by atoms with Gasteiger partial charge in [-0.05, 0) is 30.7 Å². The van der Waals surface area contributed by atoms with Gasteiger partial charge in [0.05, 0.1) is 24.5 Å². The van der Waals surface area contributed by atoms with E-state index in [0.29, 0.717) is 28.2 Å². The summed E-state index contributed by atoms with van der Waals surface area (Å²) in [6.45, 7) is 2.06. The molecule has 0 aliphatic carbocycles. The predicted octanol–water partition coefficient (Wildman–Crippen LogP) is 2.39. The highest BCUT2D eigenvalue weighted by Gasteiger charge is 2.23. The van der Waals surface area contributed by atoms with Crippen molar-refractivity contribution in [1.82, 2.24) is 30.2 Å². The zero-order valence-electron chi connectivity index (χ0n) is 20.0. The maximum absolute atomic E-state index is 14.1. The molecule has 3 amide bonds. The highest BCUT2D eigenvalue weighted by atomic mass is 19.1. The van der Waals surface area contributed by atoms with Gasteiger partial charge < -0.3 is 31.7 Å². The lowest BCUT2D eigenvalue weighted by Gasteiger charge is -2.18. The van der Waals surface area contributed by atoms with Crippen LogP contribution in [0.3, 0.4) is 0 Å². The summed E-state index contributed by atoms with van der Waals surface area (Å²) >= 11 is 0. The number of carbonyl (C=O) groups excluding carboxylic acids is 2. The third kappa shape index (κ3) is 4.66. The van der Waals surface area contributed by atoms with Crippen molar-refractivity contribution in [2.24, 2.45) is 0 Å². The van der Waals surface area contributed by atoms with Crippen LogP contribution in [0.25, 0.3) is 16.8 Å². The first-order valence-corrected chi connectivity index (χ1v) is 11.4. The van der Waals surface area contributed by atoms with Gasteiger partial charge in [-0.2, -0.15) is 9.61 Å². The topological polar surface area (TPSA) is 161 Å². The van der Waals surface area contributed by atoms with Gasteiger partial charge in [0, 0.05) is 24.8 Å². The molecule has 0 unspecified atom stereocenters. The molecule has 0 radical (unpaired) electrons. The number of carbonyl (C=O) groups is 2. The summed E-state index contributed by atoms with van der Waals surface area (Å²) in [5.41, 5.74) is 9.25. The standard InChI is InChI=1S/C24H24FN9O3/c1-12-8-29-22(35)17-11-31-34-19(26)18(13-3-5-16(6-4-13)32-24(36)27-2)20(33-21(17)34)28-9-14-7-15(25)10-30-23(14)37-12/h3-7,10-12H,8-9,26H2,1-2H3,(H,28,33)(H,29,35)(H2,27,32,36)/t12-/m0/s1. The number of amides is 3. The van der Waals surface area contributed by atoms with Crippen molar-refractivity contribution in [1.29, 1.82) is 0 Å². The predicted molar refractivity (Wildman–Crippen MR) is 135 cm³/mol. The molecule has 4 aromatic rings. The van der Waals surface area contributed by atoms with Crippen molar-refractivity contribution in [3.63, 3.8) is 0 Å². The molecule has 1 atom stereocenters. The van der Waals surface area contributed by atoms with E-state index in [0.717, 1.165) is 6.20 Å². The molecular formula is C24H24FN9O3. The minimum absolute atomic E-state index is 0.115. The molecule has 12 nitrogen and oxygen atoms in total.